The number of ether oxygens (including phenoxy) is 1. The molecule has 1 saturated heterocycles. The number of nitrogens with zero attached hydrogens (tertiary/aromatic N) is 2. The molecule has 1 aromatic heterocycles. The number of hydrogen-bond donors (Lipinski definition) is 6. The molecule has 1 aliphatic heterocycles. The Kier molecular flexibility index (Phi) is 21.1. The van der Waals surface area contributed by atoms with Gasteiger partial charge in [0.15, 0.2) is 0 Å². The first-order valence-electron chi connectivity index (χ1n) is 22.1. The van der Waals surface area contributed by atoms with Gasteiger partial charge in [-0.2, -0.15) is 0 Å². The van der Waals surface area contributed by atoms with Crippen LogP contribution < -0.4 is 27.0 Å². The Morgan fingerprint density at radius 1 is 1.03 bits per heavy atom. The van der Waals surface area contributed by atoms with Gasteiger partial charge in [0.2, 0.25) is 17.7 Å². The quantitative estimate of drug-likeness (QED) is 0.0570. The first-order valence-corrected chi connectivity index (χ1v) is 23.0. The van der Waals surface area contributed by atoms with Gasteiger partial charge < -0.3 is 41.7 Å². The summed E-state index contributed by atoms with van der Waals surface area (Å²) < 4.78 is 6.34. The number of anilines is 1. The van der Waals surface area contributed by atoms with Gasteiger partial charge in [-0.15, -0.1) is 11.3 Å². The van der Waals surface area contributed by atoms with Crippen LogP contribution in [0.5, 0.6) is 0 Å². The highest BCUT2D eigenvalue weighted by Crippen LogP contribution is 2.32. The largest absolute Gasteiger partial charge is 0.481 e. The molecular formula is C45H73N7O7S. The number of piperidine rings is 1. The highest BCUT2D eigenvalue weighted by atomic mass is 32.1. The molecule has 0 bridgehead atoms. The third kappa shape index (κ3) is 15.5. The Balaban J connectivity index is 1.89. The van der Waals surface area contributed by atoms with E-state index in [1.54, 1.807) is 31.4 Å². The fraction of sp³-hybridized carbons (Fsp3) is 0.689. The van der Waals surface area contributed by atoms with Crippen molar-refractivity contribution in [3.63, 3.8) is 0 Å². The van der Waals surface area contributed by atoms with Crippen molar-refractivity contribution in [1.82, 2.24) is 25.8 Å². The first kappa shape index (κ1) is 50.4. The third-order valence-corrected chi connectivity index (χ3v) is 12.5. The van der Waals surface area contributed by atoms with Crippen molar-refractivity contribution in [2.45, 2.75) is 156 Å². The van der Waals surface area contributed by atoms with Crippen LogP contribution in [0.4, 0.5) is 5.69 Å². The van der Waals surface area contributed by atoms with E-state index in [0.717, 1.165) is 63.5 Å². The molecule has 0 radical (unpaired) electrons. The Morgan fingerprint density at radius 3 is 2.33 bits per heavy atom. The van der Waals surface area contributed by atoms with Gasteiger partial charge in [0.05, 0.1) is 18.0 Å². The number of amides is 4. The molecule has 2 aromatic rings. The summed E-state index contributed by atoms with van der Waals surface area (Å²) in [5.41, 5.74) is 5.92. The summed E-state index contributed by atoms with van der Waals surface area (Å²) in [6, 6.07) is 5.35. The van der Waals surface area contributed by atoms with E-state index in [1.807, 2.05) is 37.8 Å². The van der Waals surface area contributed by atoms with Crippen LogP contribution in [0.2, 0.25) is 0 Å². The molecule has 15 heteroatoms. The van der Waals surface area contributed by atoms with Crippen LogP contribution in [0.3, 0.4) is 0 Å². The van der Waals surface area contributed by atoms with Crippen LogP contribution in [0.15, 0.2) is 29.6 Å². The lowest BCUT2D eigenvalue weighted by molar-refractivity contribution is -0.147. The average molecular weight is 856 g/mol. The highest BCUT2D eigenvalue weighted by molar-refractivity contribution is 7.09. The number of benzene rings is 1. The van der Waals surface area contributed by atoms with Gasteiger partial charge in [0.1, 0.15) is 22.8 Å². The third-order valence-electron chi connectivity index (χ3n) is 11.5. The van der Waals surface area contributed by atoms with E-state index in [-0.39, 0.29) is 60.3 Å². The van der Waals surface area contributed by atoms with Crippen molar-refractivity contribution in [3.8, 4) is 0 Å². The number of hydrogen-bond acceptors (Lipinski definition) is 10. The first-order chi connectivity index (χ1) is 28.5. The number of unbranched alkanes of at least 4 members (excludes halogenated alkanes) is 3. The second-order valence-electron chi connectivity index (χ2n) is 17.2. The number of nitrogens with two attached hydrogens (primary N) is 1. The minimum atomic E-state index is -1.13. The molecule has 0 spiro atoms. The van der Waals surface area contributed by atoms with E-state index in [0.29, 0.717) is 36.7 Å². The van der Waals surface area contributed by atoms with E-state index in [2.05, 4.69) is 42.0 Å². The second-order valence-corrected chi connectivity index (χ2v) is 18.1. The molecule has 2 heterocycles. The standard InChI is InChI=1S/C45H73N7O7S/c1-9-12-13-16-23-52(43(56)39(30(6)10-2)51-40(54)34-17-14-15-22-47-34)36(29(4)5)25-37(59-11-3)42-50-35(28-60-42)41(55)49-33(26-45(7,8)44(57)58)24-31-18-20-32(21-19-31)48-38(53)27-46/h18-21,28-30,33-34,36-37,39,47H,9-17,22-27,46H2,1-8H3,(H,48,53)(H,49,55)(H,51,54)(H,57,58)/t30-,33-,34?,36+,37+,39-/m0/s1. The molecule has 0 saturated carbocycles. The number of aromatic nitrogens is 1. The minimum Gasteiger partial charge on any atom is -0.481 e. The van der Waals surface area contributed by atoms with E-state index < -0.39 is 35.5 Å². The zero-order valence-corrected chi connectivity index (χ0v) is 38.1. The topological polar surface area (TPSA) is 205 Å². The van der Waals surface area contributed by atoms with Crippen LogP contribution in [0, 0.1) is 17.3 Å². The van der Waals surface area contributed by atoms with Crippen LogP contribution in [0.1, 0.15) is 147 Å². The fourth-order valence-corrected chi connectivity index (χ4v) is 8.52. The Morgan fingerprint density at radius 2 is 1.75 bits per heavy atom. The molecule has 3 rings (SSSR count). The van der Waals surface area contributed by atoms with Crippen molar-refractivity contribution in [2.24, 2.45) is 23.0 Å². The minimum absolute atomic E-state index is 0.0449. The molecule has 4 amide bonds. The van der Waals surface area contributed by atoms with Crippen molar-refractivity contribution >= 4 is 46.6 Å². The number of thiazole rings is 1. The van der Waals surface area contributed by atoms with E-state index in [9.17, 15) is 29.1 Å². The Bertz CT molecular complexity index is 1660. The SMILES string of the molecule is CCCCCCN(C(=O)[C@@H](NC(=O)C1CCCCN1)[C@@H](C)CC)[C@H](C[C@@H](OCC)c1nc(C(=O)N[C@@H](Cc2ccc(NC(=O)CN)cc2)CC(C)(C)C(=O)O)cs1)C(C)C. The Hall–Kier alpha value is -3.92. The fourth-order valence-electron chi connectivity index (χ4n) is 7.66. The molecule has 1 aromatic carbocycles. The summed E-state index contributed by atoms with van der Waals surface area (Å²) in [7, 11) is 0. The normalized spacial score (nSPS) is 16.9. The summed E-state index contributed by atoms with van der Waals surface area (Å²) in [6.07, 6.45) is 7.88. The second kappa shape index (κ2) is 25.1. The average Bonchev–Trinajstić information content (AvgIpc) is 3.72. The molecule has 1 fully saturated rings. The van der Waals surface area contributed by atoms with Gasteiger partial charge in [-0.05, 0) is 89.0 Å². The number of carboxylic acid groups (broad SMARTS) is 1. The monoisotopic (exact) mass is 856 g/mol. The number of carbonyl (C=O) groups is 5. The number of rotatable bonds is 26. The predicted octanol–water partition coefficient (Wildman–Crippen LogP) is 6.46. The van der Waals surface area contributed by atoms with Gasteiger partial charge in [-0.25, -0.2) is 4.98 Å². The summed E-state index contributed by atoms with van der Waals surface area (Å²) in [5.74, 6) is -1.96. The van der Waals surface area contributed by atoms with E-state index in [4.69, 9.17) is 15.5 Å². The maximum atomic E-state index is 14.8. The van der Waals surface area contributed by atoms with Crippen molar-refractivity contribution in [2.75, 3.05) is 31.6 Å². The van der Waals surface area contributed by atoms with Gasteiger partial charge in [0, 0.05) is 42.7 Å². The number of aliphatic carboxylic acids is 1. The zero-order chi connectivity index (χ0) is 44.4. The Labute approximate surface area is 361 Å². The van der Waals surface area contributed by atoms with Crippen molar-refractivity contribution in [1.29, 1.82) is 0 Å². The summed E-state index contributed by atoms with van der Waals surface area (Å²) in [5, 5.41) is 24.5. The molecule has 14 nitrogen and oxygen atoms in total. The van der Waals surface area contributed by atoms with Gasteiger partial charge in [0.25, 0.3) is 5.91 Å². The maximum absolute atomic E-state index is 14.8. The van der Waals surface area contributed by atoms with E-state index in [1.165, 1.54) is 11.3 Å². The van der Waals surface area contributed by atoms with Crippen LogP contribution in [-0.4, -0.2) is 95.0 Å². The summed E-state index contributed by atoms with van der Waals surface area (Å²) in [6.45, 7) is 17.2. The van der Waals surface area contributed by atoms with Gasteiger partial charge in [-0.1, -0.05) is 78.9 Å². The molecule has 1 unspecified atom stereocenters. The summed E-state index contributed by atoms with van der Waals surface area (Å²) in [4.78, 5) is 72.9. The van der Waals surface area contributed by atoms with Crippen LogP contribution >= 0.6 is 11.3 Å². The number of carboxylic acids is 1. The molecular weight excluding hydrogens is 783 g/mol. The lowest BCUT2D eigenvalue weighted by Crippen LogP contribution is -2.58. The summed E-state index contributed by atoms with van der Waals surface area (Å²) >= 11 is 1.32. The zero-order valence-electron chi connectivity index (χ0n) is 37.3. The molecule has 60 heavy (non-hydrogen) atoms. The van der Waals surface area contributed by atoms with Crippen LogP contribution in [0.25, 0.3) is 0 Å². The van der Waals surface area contributed by atoms with Crippen LogP contribution in [-0.2, 0) is 30.3 Å². The molecule has 6 atom stereocenters. The maximum Gasteiger partial charge on any atom is 0.309 e. The molecule has 1 aliphatic rings. The molecule has 7 N–H and O–H groups in total. The molecule has 0 aliphatic carbocycles. The van der Waals surface area contributed by atoms with Crippen molar-refractivity contribution in [3.05, 3.63) is 45.9 Å². The highest BCUT2D eigenvalue weighted by Gasteiger charge is 2.38. The lowest BCUT2D eigenvalue weighted by Gasteiger charge is -2.40. The van der Waals surface area contributed by atoms with E-state index >= 15 is 0 Å². The molecule has 336 valence electrons. The van der Waals surface area contributed by atoms with Crippen molar-refractivity contribution < 1.29 is 33.8 Å². The predicted molar refractivity (Wildman–Crippen MR) is 238 cm³/mol. The van der Waals surface area contributed by atoms with Gasteiger partial charge in [-0.3, -0.25) is 24.0 Å². The number of nitrogens with one attached hydrogen (secondary N) is 4. The number of carbonyl (C=O) groups excluding carboxylic acids is 4. The lowest BCUT2D eigenvalue weighted by atomic mass is 9.84. The smallest absolute Gasteiger partial charge is 0.309 e. The van der Waals surface area contributed by atoms with Gasteiger partial charge >= 0.3 is 5.97 Å².